The summed E-state index contributed by atoms with van der Waals surface area (Å²) in [4.78, 5) is 26.9. The maximum atomic E-state index is 12.7. The summed E-state index contributed by atoms with van der Waals surface area (Å²) in [6, 6.07) is 17.5. The van der Waals surface area contributed by atoms with Crippen molar-refractivity contribution >= 4 is 29.9 Å². The number of ether oxygens (including phenoxy) is 2. The van der Waals surface area contributed by atoms with E-state index in [1.165, 1.54) is 10.2 Å². The monoisotopic (exact) mass is 512 g/mol. The van der Waals surface area contributed by atoms with Gasteiger partial charge >= 0.3 is 0 Å². The second kappa shape index (κ2) is 13.0. The number of benzene rings is 2. The van der Waals surface area contributed by atoms with Crippen LogP contribution in [-0.2, 0) is 16.1 Å². The molecule has 1 aromatic heterocycles. The van der Waals surface area contributed by atoms with Crippen LogP contribution in [0.15, 0.2) is 67.0 Å². The van der Waals surface area contributed by atoms with Crippen molar-refractivity contribution in [3.63, 3.8) is 0 Å². The first kappa shape index (κ1) is 27.1. The molecule has 2 amide bonds. The summed E-state index contributed by atoms with van der Waals surface area (Å²) in [5, 5.41) is 7.15. The molecular weight excluding hydrogens is 480 g/mol. The maximum absolute atomic E-state index is 12.7. The van der Waals surface area contributed by atoms with Gasteiger partial charge in [-0.3, -0.25) is 14.3 Å². The lowest BCUT2D eigenvalue weighted by molar-refractivity contribution is -0.131. The number of rotatable bonds is 10. The number of nitrogens with zero attached hydrogens (tertiary/aromatic N) is 3. The zero-order chi connectivity index (χ0) is 24.6. The van der Waals surface area contributed by atoms with Crippen LogP contribution in [0.1, 0.15) is 24.8 Å². The van der Waals surface area contributed by atoms with Crippen LogP contribution in [0, 0.1) is 12.8 Å². The van der Waals surface area contributed by atoms with Crippen LogP contribution in [-0.4, -0.2) is 52.8 Å². The van der Waals surface area contributed by atoms with E-state index >= 15 is 0 Å². The number of halogens is 1. The average molecular weight is 513 g/mol. The Bertz CT molecular complexity index is 1120. The van der Waals surface area contributed by atoms with Crippen LogP contribution in [0.5, 0.6) is 11.5 Å². The molecule has 8 nitrogen and oxygen atoms in total. The molecule has 3 aromatic rings. The zero-order valence-electron chi connectivity index (χ0n) is 20.6. The lowest BCUT2D eigenvalue weighted by Gasteiger charge is -2.17. The normalized spacial score (nSPS) is 16.6. The molecule has 2 atom stereocenters. The first-order valence-electron chi connectivity index (χ1n) is 11.9. The third kappa shape index (κ3) is 7.75. The summed E-state index contributed by atoms with van der Waals surface area (Å²) in [5.41, 5.74) is 1.75. The Morgan fingerprint density at radius 3 is 2.58 bits per heavy atom. The van der Waals surface area contributed by atoms with Gasteiger partial charge in [0.15, 0.2) is 0 Å². The second-order valence-corrected chi connectivity index (χ2v) is 8.96. The standard InChI is InChI=1S/C27H32N4O4.ClH/c1-20-8-11-23(12-9-20)34-15-14-30(2)26(32)19-31-18-22(17-28-31)29-27(33)21-10-13-25(16-21)35-24-6-4-3-5-7-24;/h3-9,11-12,17-18,21,25H,10,13-16,19H2,1-2H3,(H,29,33);1H/t21-,25-;/m1./s1. The highest BCUT2D eigenvalue weighted by Crippen LogP contribution is 2.30. The molecule has 36 heavy (non-hydrogen) atoms. The number of amides is 2. The first-order chi connectivity index (χ1) is 17.0. The highest BCUT2D eigenvalue weighted by molar-refractivity contribution is 5.92. The number of nitrogens with one attached hydrogen (secondary N) is 1. The predicted octanol–water partition coefficient (Wildman–Crippen LogP) is 4.34. The SMILES string of the molecule is Cc1ccc(OCCN(C)C(=O)Cn2cc(NC(=O)[C@@H]3CC[C@@H](Oc4ccccc4)C3)cn2)cc1.Cl. The topological polar surface area (TPSA) is 85.7 Å². The van der Waals surface area contributed by atoms with Crippen LogP contribution >= 0.6 is 12.4 Å². The summed E-state index contributed by atoms with van der Waals surface area (Å²) in [5.74, 6) is 1.38. The Morgan fingerprint density at radius 2 is 1.83 bits per heavy atom. The Labute approximate surface area is 218 Å². The van der Waals surface area contributed by atoms with Crippen molar-refractivity contribution < 1.29 is 19.1 Å². The second-order valence-electron chi connectivity index (χ2n) is 8.96. The number of anilines is 1. The van der Waals surface area contributed by atoms with E-state index in [2.05, 4.69) is 10.4 Å². The molecular formula is C27H33ClN4O4. The first-order valence-corrected chi connectivity index (χ1v) is 11.9. The van der Waals surface area contributed by atoms with Gasteiger partial charge in [-0.15, -0.1) is 12.4 Å². The molecule has 4 rings (SSSR count). The number of aryl methyl sites for hydroxylation is 1. The van der Waals surface area contributed by atoms with E-state index in [1.807, 2.05) is 61.5 Å². The van der Waals surface area contributed by atoms with Crippen LogP contribution in [0.4, 0.5) is 5.69 Å². The third-order valence-corrected chi connectivity index (χ3v) is 6.14. The molecule has 192 valence electrons. The molecule has 0 spiro atoms. The molecule has 1 aliphatic rings. The smallest absolute Gasteiger partial charge is 0.244 e. The summed E-state index contributed by atoms with van der Waals surface area (Å²) in [7, 11) is 1.74. The van der Waals surface area contributed by atoms with E-state index < -0.39 is 0 Å². The van der Waals surface area contributed by atoms with E-state index in [4.69, 9.17) is 9.47 Å². The van der Waals surface area contributed by atoms with Crippen molar-refractivity contribution in [2.24, 2.45) is 5.92 Å². The van der Waals surface area contributed by atoms with E-state index in [-0.39, 0.29) is 42.8 Å². The van der Waals surface area contributed by atoms with Gasteiger partial charge in [0.05, 0.1) is 24.5 Å². The molecule has 9 heteroatoms. The van der Waals surface area contributed by atoms with Crippen molar-refractivity contribution in [2.45, 2.75) is 38.8 Å². The highest BCUT2D eigenvalue weighted by atomic mass is 35.5. The molecule has 0 unspecified atom stereocenters. The van der Waals surface area contributed by atoms with Crippen molar-refractivity contribution in [1.82, 2.24) is 14.7 Å². The number of aromatic nitrogens is 2. The van der Waals surface area contributed by atoms with Gasteiger partial charge in [-0.2, -0.15) is 5.10 Å². The molecule has 1 saturated carbocycles. The van der Waals surface area contributed by atoms with Crippen molar-refractivity contribution in [1.29, 1.82) is 0 Å². The molecule has 1 N–H and O–H groups in total. The van der Waals surface area contributed by atoms with Gasteiger partial charge in [0.25, 0.3) is 0 Å². The predicted molar refractivity (Wildman–Crippen MR) is 141 cm³/mol. The van der Waals surface area contributed by atoms with Crippen molar-refractivity contribution in [2.75, 3.05) is 25.5 Å². The zero-order valence-corrected chi connectivity index (χ0v) is 21.4. The Morgan fingerprint density at radius 1 is 1.08 bits per heavy atom. The van der Waals surface area contributed by atoms with E-state index in [9.17, 15) is 9.59 Å². The average Bonchev–Trinajstić information content (AvgIpc) is 3.50. The number of carbonyl (C=O) groups is 2. The van der Waals surface area contributed by atoms with Crippen LogP contribution in [0.3, 0.4) is 0 Å². The minimum absolute atomic E-state index is 0. The summed E-state index contributed by atoms with van der Waals surface area (Å²) in [6.45, 7) is 2.98. The van der Waals surface area contributed by atoms with Crippen LogP contribution in [0.2, 0.25) is 0 Å². The number of hydrogen-bond acceptors (Lipinski definition) is 5. The van der Waals surface area contributed by atoms with Crippen LogP contribution < -0.4 is 14.8 Å². The minimum Gasteiger partial charge on any atom is -0.492 e. The molecule has 1 aliphatic carbocycles. The van der Waals surface area contributed by atoms with Gasteiger partial charge in [0.1, 0.15) is 24.7 Å². The van der Waals surface area contributed by atoms with E-state index in [1.54, 1.807) is 24.3 Å². The summed E-state index contributed by atoms with van der Waals surface area (Å²) in [6.07, 6.45) is 5.60. The van der Waals surface area contributed by atoms with Crippen molar-refractivity contribution in [3.8, 4) is 11.5 Å². The molecule has 0 bridgehead atoms. The number of hydrogen-bond donors (Lipinski definition) is 1. The van der Waals surface area contributed by atoms with Gasteiger partial charge in [-0.1, -0.05) is 35.9 Å². The Balaban J connectivity index is 0.00000361. The molecule has 0 aliphatic heterocycles. The Kier molecular flexibility index (Phi) is 9.76. The van der Waals surface area contributed by atoms with Gasteiger partial charge < -0.3 is 19.7 Å². The quantitative estimate of drug-likeness (QED) is 0.437. The third-order valence-electron chi connectivity index (χ3n) is 6.14. The lowest BCUT2D eigenvalue weighted by atomic mass is 10.1. The number of carbonyl (C=O) groups excluding carboxylic acids is 2. The fraction of sp³-hybridized carbons (Fsp3) is 0.370. The number of para-hydroxylation sites is 1. The van der Waals surface area contributed by atoms with E-state index in [0.717, 1.165) is 24.3 Å². The lowest BCUT2D eigenvalue weighted by Crippen LogP contribution is -2.33. The maximum Gasteiger partial charge on any atom is 0.244 e. The molecule has 2 aromatic carbocycles. The van der Waals surface area contributed by atoms with Gasteiger partial charge in [0.2, 0.25) is 11.8 Å². The molecule has 1 heterocycles. The van der Waals surface area contributed by atoms with Crippen molar-refractivity contribution in [3.05, 3.63) is 72.6 Å². The number of likely N-dealkylation sites (N-methyl/N-ethyl adjacent to an activating group) is 1. The van der Waals surface area contributed by atoms with Crippen LogP contribution in [0.25, 0.3) is 0 Å². The van der Waals surface area contributed by atoms with Gasteiger partial charge in [-0.25, -0.2) is 0 Å². The Hall–Kier alpha value is -3.52. The van der Waals surface area contributed by atoms with E-state index in [0.29, 0.717) is 25.3 Å². The summed E-state index contributed by atoms with van der Waals surface area (Å²) < 4.78 is 13.2. The molecule has 1 fully saturated rings. The molecule has 0 saturated heterocycles. The van der Waals surface area contributed by atoms with Gasteiger partial charge in [-0.05, 0) is 50.5 Å². The van der Waals surface area contributed by atoms with Gasteiger partial charge in [0, 0.05) is 19.2 Å². The fourth-order valence-electron chi connectivity index (χ4n) is 4.05. The molecule has 0 radical (unpaired) electrons. The fourth-order valence-corrected chi connectivity index (χ4v) is 4.05. The highest BCUT2D eigenvalue weighted by Gasteiger charge is 2.31. The minimum atomic E-state index is -0.103. The largest absolute Gasteiger partial charge is 0.492 e. The summed E-state index contributed by atoms with van der Waals surface area (Å²) >= 11 is 0.